The van der Waals surface area contributed by atoms with Gasteiger partial charge in [0.25, 0.3) is 0 Å². The Hall–Kier alpha value is -2.96. The Labute approximate surface area is 173 Å². The number of likely N-dealkylation sites (tertiary alicyclic amines) is 1. The summed E-state index contributed by atoms with van der Waals surface area (Å²) in [6.45, 7) is -0.484. The molecule has 2 aliphatic carbocycles. The molecule has 2 aromatic rings. The minimum absolute atomic E-state index is 0.108. The summed E-state index contributed by atoms with van der Waals surface area (Å²) in [7, 11) is 0. The molecule has 7 nitrogen and oxygen atoms in total. The largest absolute Gasteiger partial charge is 0.459 e. The van der Waals surface area contributed by atoms with Crippen molar-refractivity contribution in [3.8, 4) is 0 Å². The Morgan fingerprint density at radius 2 is 1.63 bits per heavy atom. The Morgan fingerprint density at radius 1 is 0.967 bits per heavy atom. The van der Waals surface area contributed by atoms with Crippen molar-refractivity contribution < 1.29 is 23.5 Å². The van der Waals surface area contributed by atoms with E-state index in [1.165, 1.54) is 17.2 Å². The van der Waals surface area contributed by atoms with E-state index in [1.807, 2.05) is 12.1 Å². The monoisotopic (exact) mass is 409 g/mol. The van der Waals surface area contributed by atoms with Crippen LogP contribution in [0.4, 0.5) is 0 Å². The molecule has 0 unspecified atom stereocenters. The fourth-order valence-electron chi connectivity index (χ4n) is 5.13. The first-order valence-electron chi connectivity index (χ1n) is 10.6. The first-order chi connectivity index (χ1) is 14.5. The molecule has 0 N–H and O–H groups in total. The Morgan fingerprint density at radius 3 is 2.33 bits per heavy atom. The molecule has 30 heavy (non-hydrogen) atoms. The highest BCUT2D eigenvalue weighted by atomic mass is 16.5. The zero-order valence-electron chi connectivity index (χ0n) is 16.6. The number of carbonyl (C=O) groups excluding carboxylic acids is 3. The standard InChI is InChI=1S/C23H23NO6/c25-20-10-15(18-8-13-4-3-5-14(13)9-19(18)30-20)12-29-21(26)11-24-22(27)16-6-1-2-7-17(16)23(24)28/h8-10,16-17H,1-7,11-12H2/t16-,17-/m1/s1. The number of amides is 2. The molecule has 156 valence electrons. The van der Waals surface area contributed by atoms with Gasteiger partial charge in [0.2, 0.25) is 11.8 Å². The van der Waals surface area contributed by atoms with Gasteiger partial charge < -0.3 is 9.15 Å². The van der Waals surface area contributed by atoms with Gasteiger partial charge in [0.05, 0.1) is 11.8 Å². The molecule has 7 heteroatoms. The lowest BCUT2D eigenvalue weighted by molar-refractivity contribution is -0.153. The Kier molecular flexibility index (Phi) is 4.68. The molecule has 3 aliphatic rings. The van der Waals surface area contributed by atoms with Gasteiger partial charge in [0.1, 0.15) is 18.7 Å². The molecule has 2 fully saturated rings. The molecule has 1 saturated carbocycles. The fourth-order valence-corrected chi connectivity index (χ4v) is 5.13. The molecule has 1 aromatic carbocycles. The van der Waals surface area contributed by atoms with Crippen LogP contribution in [0.1, 0.15) is 48.8 Å². The van der Waals surface area contributed by atoms with Crippen LogP contribution >= 0.6 is 0 Å². The lowest BCUT2D eigenvalue weighted by Crippen LogP contribution is -2.36. The molecule has 5 rings (SSSR count). The van der Waals surface area contributed by atoms with Crippen LogP contribution in [0.5, 0.6) is 0 Å². The van der Waals surface area contributed by atoms with Crippen LogP contribution < -0.4 is 5.63 Å². The quantitative estimate of drug-likeness (QED) is 0.438. The molecule has 2 heterocycles. The average Bonchev–Trinajstić information content (AvgIpc) is 3.29. The van der Waals surface area contributed by atoms with Gasteiger partial charge in [-0.2, -0.15) is 0 Å². The molecule has 0 bridgehead atoms. The zero-order valence-corrected chi connectivity index (χ0v) is 16.6. The van der Waals surface area contributed by atoms with E-state index in [1.54, 1.807) is 0 Å². The number of nitrogens with zero attached hydrogens (tertiary/aromatic N) is 1. The van der Waals surface area contributed by atoms with Crippen LogP contribution in [0.3, 0.4) is 0 Å². The van der Waals surface area contributed by atoms with Crippen LogP contribution in [0, 0.1) is 11.8 Å². The number of esters is 1. The summed E-state index contributed by atoms with van der Waals surface area (Å²) >= 11 is 0. The van der Waals surface area contributed by atoms with E-state index in [-0.39, 0.29) is 36.8 Å². The zero-order chi connectivity index (χ0) is 20.8. The summed E-state index contributed by atoms with van der Waals surface area (Å²) in [5.74, 6) is -1.75. The molecule has 2 atom stereocenters. The molecule has 0 radical (unpaired) electrons. The summed E-state index contributed by atoms with van der Waals surface area (Å²) in [5.41, 5.74) is 2.97. The van der Waals surface area contributed by atoms with Gasteiger partial charge in [-0.05, 0) is 55.4 Å². The summed E-state index contributed by atoms with van der Waals surface area (Å²) in [5, 5.41) is 0.752. The van der Waals surface area contributed by atoms with Gasteiger partial charge >= 0.3 is 11.6 Å². The van der Waals surface area contributed by atoms with Crippen molar-refractivity contribution in [3.63, 3.8) is 0 Å². The van der Waals surface area contributed by atoms with Gasteiger partial charge in [0.15, 0.2) is 0 Å². The van der Waals surface area contributed by atoms with Gasteiger partial charge in [-0.3, -0.25) is 19.3 Å². The highest BCUT2D eigenvalue weighted by Gasteiger charge is 2.48. The topological polar surface area (TPSA) is 93.9 Å². The fraction of sp³-hybridized carbons (Fsp3) is 0.478. The first-order valence-corrected chi connectivity index (χ1v) is 10.6. The van der Waals surface area contributed by atoms with E-state index >= 15 is 0 Å². The van der Waals surface area contributed by atoms with Gasteiger partial charge in [0, 0.05) is 17.0 Å². The Bertz CT molecular complexity index is 1090. The maximum atomic E-state index is 12.5. The Balaban J connectivity index is 1.31. The van der Waals surface area contributed by atoms with Crippen LogP contribution in [0.2, 0.25) is 0 Å². The number of hydrogen-bond acceptors (Lipinski definition) is 6. The normalized spacial score (nSPS) is 23.0. The second-order valence-corrected chi connectivity index (χ2v) is 8.48. The number of fused-ring (bicyclic) bond motifs is 3. The number of ether oxygens (including phenoxy) is 1. The van der Waals surface area contributed by atoms with Crippen LogP contribution in [0.15, 0.2) is 27.4 Å². The van der Waals surface area contributed by atoms with E-state index in [4.69, 9.17) is 9.15 Å². The molecular formula is C23H23NO6. The summed E-state index contributed by atoms with van der Waals surface area (Å²) in [4.78, 5) is 50.5. The van der Waals surface area contributed by atoms with Gasteiger partial charge in [-0.1, -0.05) is 12.8 Å². The SMILES string of the molecule is O=C(CN1C(=O)[C@@H]2CCCC[C@H]2C1=O)OCc1cc(=O)oc2cc3c(cc12)CCC3. The van der Waals surface area contributed by atoms with Crippen molar-refractivity contribution in [2.24, 2.45) is 11.8 Å². The number of hydrogen-bond donors (Lipinski definition) is 0. The van der Waals surface area contributed by atoms with Crippen molar-refractivity contribution in [1.29, 1.82) is 0 Å². The molecule has 0 spiro atoms. The maximum Gasteiger partial charge on any atom is 0.336 e. The second-order valence-electron chi connectivity index (χ2n) is 8.48. The third kappa shape index (κ3) is 3.22. The number of carbonyl (C=O) groups is 3. The first kappa shape index (κ1) is 19.0. The summed E-state index contributed by atoms with van der Waals surface area (Å²) in [6, 6.07) is 5.23. The highest BCUT2D eigenvalue weighted by molar-refractivity contribution is 6.07. The average molecular weight is 409 g/mol. The maximum absolute atomic E-state index is 12.5. The predicted molar refractivity (Wildman–Crippen MR) is 106 cm³/mol. The smallest absolute Gasteiger partial charge is 0.336 e. The van der Waals surface area contributed by atoms with Crippen molar-refractivity contribution >= 4 is 28.8 Å². The van der Waals surface area contributed by atoms with E-state index in [0.717, 1.165) is 42.4 Å². The van der Waals surface area contributed by atoms with Crippen LogP contribution in [-0.2, 0) is 38.6 Å². The lowest BCUT2D eigenvalue weighted by atomic mass is 9.81. The minimum Gasteiger partial charge on any atom is -0.459 e. The summed E-state index contributed by atoms with van der Waals surface area (Å²) in [6.07, 6.45) is 6.30. The van der Waals surface area contributed by atoms with E-state index in [9.17, 15) is 19.2 Å². The molecule has 1 saturated heterocycles. The van der Waals surface area contributed by atoms with E-state index < -0.39 is 11.6 Å². The third-order valence-electron chi connectivity index (χ3n) is 6.65. The van der Waals surface area contributed by atoms with Crippen molar-refractivity contribution in [2.75, 3.05) is 6.54 Å². The van der Waals surface area contributed by atoms with Crippen LogP contribution in [-0.4, -0.2) is 29.2 Å². The van der Waals surface area contributed by atoms with Crippen LogP contribution in [0.25, 0.3) is 11.0 Å². The van der Waals surface area contributed by atoms with E-state index in [2.05, 4.69) is 0 Å². The summed E-state index contributed by atoms with van der Waals surface area (Å²) < 4.78 is 10.7. The van der Waals surface area contributed by atoms with Crippen molar-refractivity contribution in [3.05, 3.63) is 45.3 Å². The second kappa shape index (κ2) is 7.38. The molecule has 2 amide bonds. The third-order valence-corrected chi connectivity index (χ3v) is 6.65. The highest BCUT2D eigenvalue weighted by Crippen LogP contribution is 2.38. The lowest BCUT2D eigenvalue weighted by Gasteiger charge is -2.19. The number of aryl methyl sites for hydroxylation is 2. The number of rotatable bonds is 4. The molecular weight excluding hydrogens is 386 g/mol. The minimum atomic E-state index is -0.655. The van der Waals surface area contributed by atoms with E-state index in [0.29, 0.717) is 24.0 Å². The molecule has 1 aromatic heterocycles. The van der Waals surface area contributed by atoms with Crippen molar-refractivity contribution in [2.45, 2.75) is 51.6 Å². The van der Waals surface area contributed by atoms with Gasteiger partial charge in [-0.25, -0.2) is 4.79 Å². The van der Waals surface area contributed by atoms with Crippen molar-refractivity contribution in [1.82, 2.24) is 4.90 Å². The predicted octanol–water partition coefficient (Wildman–Crippen LogP) is 2.50. The number of imide groups is 1. The number of benzene rings is 1. The van der Waals surface area contributed by atoms with Gasteiger partial charge in [-0.15, -0.1) is 0 Å². The molecule has 1 aliphatic heterocycles.